The Kier molecular flexibility index (Phi) is 6.55. The zero-order valence-corrected chi connectivity index (χ0v) is 15.0. The van der Waals surface area contributed by atoms with E-state index in [-0.39, 0.29) is 16.8 Å². The Labute approximate surface area is 155 Å². The number of nitrogens with one attached hydrogen (secondary N) is 2. The first-order valence-corrected chi connectivity index (χ1v) is 8.43. The highest BCUT2D eigenvalue weighted by Crippen LogP contribution is 2.32. The molecule has 3 N–H and O–H groups in total. The molecular weight excluding hydrogens is 364 g/mol. The molecule has 2 rings (SSSR count). The molecule has 0 aliphatic heterocycles. The Balaban J connectivity index is 2.19. The number of carboxylic acid groups (broad SMARTS) is 1. The van der Waals surface area contributed by atoms with Gasteiger partial charge in [0.15, 0.2) is 5.11 Å². The molecule has 0 fully saturated rings. The molecule has 0 atom stereocenters. The number of benzene rings is 1. The van der Waals surface area contributed by atoms with Crippen molar-refractivity contribution in [1.82, 2.24) is 5.32 Å². The third kappa shape index (κ3) is 5.30. The number of unbranched alkanes of at least 4 members (excludes halogenated alkanes) is 1. The molecule has 8 heteroatoms. The number of furan rings is 1. The summed E-state index contributed by atoms with van der Waals surface area (Å²) in [6, 6.07) is 7.84. The number of anilines is 1. The van der Waals surface area contributed by atoms with Crippen molar-refractivity contribution in [3.63, 3.8) is 0 Å². The Bertz CT molecular complexity index is 804. The number of carbonyl (C=O) groups is 2. The summed E-state index contributed by atoms with van der Waals surface area (Å²) in [5, 5.41) is 15.1. The fraction of sp³-hybridized carbons (Fsp3) is 0.235. The summed E-state index contributed by atoms with van der Waals surface area (Å²) in [7, 11) is 0. The van der Waals surface area contributed by atoms with E-state index in [2.05, 4.69) is 10.6 Å². The van der Waals surface area contributed by atoms with Gasteiger partial charge in [-0.3, -0.25) is 4.79 Å². The molecule has 0 aliphatic carbocycles. The van der Waals surface area contributed by atoms with Crippen LogP contribution in [0, 0.1) is 0 Å². The number of thiocarbonyl (C=S) groups is 1. The number of hydrogen-bond donors (Lipinski definition) is 3. The highest BCUT2D eigenvalue weighted by atomic mass is 35.5. The third-order valence-electron chi connectivity index (χ3n) is 3.32. The Hall–Kier alpha value is -2.38. The second kappa shape index (κ2) is 8.64. The van der Waals surface area contributed by atoms with E-state index in [1.54, 1.807) is 24.3 Å². The van der Waals surface area contributed by atoms with Gasteiger partial charge >= 0.3 is 5.97 Å². The normalized spacial score (nSPS) is 10.3. The average Bonchev–Trinajstić information content (AvgIpc) is 3.03. The number of halogens is 1. The second-order valence-corrected chi connectivity index (χ2v) is 6.11. The van der Waals surface area contributed by atoms with Crippen LogP contribution in [0.5, 0.6) is 0 Å². The smallest absolute Gasteiger partial charge is 0.371 e. The lowest BCUT2D eigenvalue weighted by atomic mass is 10.1. The molecule has 1 aromatic heterocycles. The van der Waals surface area contributed by atoms with Crippen molar-refractivity contribution in [2.45, 2.75) is 26.2 Å². The summed E-state index contributed by atoms with van der Waals surface area (Å²) >= 11 is 11.2. The Morgan fingerprint density at radius 2 is 2.04 bits per heavy atom. The fourth-order valence-corrected chi connectivity index (χ4v) is 2.51. The minimum Gasteiger partial charge on any atom is -0.475 e. The van der Waals surface area contributed by atoms with Crippen LogP contribution >= 0.6 is 23.8 Å². The van der Waals surface area contributed by atoms with Gasteiger partial charge in [-0.2, -0.15) is 0 Å². The van der Waals surface area contributed by atoms with E-state index in [1.165, 1.54) is 6.07 Å². The number of carbonyl (C=O) groups excluding carboxylic acids is 1. The van der Waals surface area contributed by atoms with Gasteiger partial charge < -0.3 is 20.2 Å². The number of amides is 1. The monoisotopic (exact) mass is 380 g/mol. The average molecular weight is 381 g/mol. The summed E-state index contributed by atoms with van der Waals surface area (Å²) in [5.74, 6) is -1.16. The van der Waals surface area contributed by atoms with Gasteiger partial charge in [-0.05, 0) is 49.0 Å². The molecule has 0 saturated carbocycles. The van der Waals surface area contributed by atoms with Crippen molar-refractivity contribution in [2.75, 3.05) is 5.32 Å². The van der Waals surface area contributed by atoms with Crippen molar-refractivity contribution in [3.8, 4) is 11.3 Å². The number of rotatable bonds is 6. The summed E-state index contributed by atoms with van der Waals surface area (Å²) in [4.78, 5) is 22.7. The molecule has 0 saturated heterocycles. The van der Waals surface area contributed by atoms with Gasteiger partial charge in [-0.1, -0.05) is 24.9 Å². The van der Waals surface area contributed by atoms with E-state index in [1.807, 2.05) is 6.92 Å². The van der Waals surface area contributed by atoms with Crippen molar-refractivity contribution in [3.05, 3.63) is 41.1 Å². The summed E-state index contributed by atoms with van der Waals surface area (Å²) in [5.41, 5.74) is 1.07. The third-order valence-corrected chi connectivity index (χ3v) is 3.76. The van der Waals surface area contributed by atoms with Gasteiger partial charge in [-0.15, -0.1) is 0 Å². The van der Waals surface area contributed by atoms with E-state index in [4.69, 9.17) is 33.3 Å². The maximum Gasteiger partial charge on any atom is 0.371 e. The molecule has 0 spiro atoms. The van der Waals surface area contributed by atoms with Crippen LogP contribution in [-0.2, 0) is 4.79 Å². The molecule has 1 aromatic carbocycles. The molecule has 0 aliphatic rings. The molecule has 0 radical (unpaired) electrons. The Morgan fingerprint density at radius 3 is 2.68 bits per heavy atom. The van der Waals surface area contributed by atoms with Gasteiger partial charge in [0.2, 0.25) is 11.7 Å². The first-order chi connectivity index (χ1) is 11.9. The SMILES string of the molecule is CCCCC(=O)NC(=S)Nc1cc(Cl)ccc1-c1ccc(C(=O)O)o1. The summed E-state index contributed by atoms with van der Waals surface area (Å²) in [6.45, 7) is 2.00. The van der Waals surface area contributed by atoms with Crippen LogP contribution in [0.1, 0.15) is 36.7 Å². The van der Waals surface area contributed by atoms with Gasteiger partial charge in [0.05, 0.1) is 5.69 Å². The Morgan fingerprint density at radius 1 is 1.28 bits per heavy atom. The second-order valence-electron chi connectivity index (χ2n) is 5.26. The van der Waals surface area contributed by atoms with Gasteiger partial charge in [-0.25, -0.2) is 4.79 Å². The van der Waals surface area contributed by atoms with E-state index in [0.717, 1.165) is 12.8 Å². The van der Waals surface area contributed by atoms with Crippen LogP contribution in [0.4, 0.5) is 5.69 Å². The lowest BCUT2D eigenvalue weighted by molar-refractivity contribution is -0.119. The van der Waals surface area contributed by atoms with Crippen LogP contribution < -0.4 is 10.6 Å². The summed E-state index contributed by atoms with van der Waals surface area (Å²) in [6.07, 6.45) is 2.08. The number of carboxylic acids is 1. The fourth-order valence-electron chi connectivity index (χ4n) is 2.11. The summed E-state index contributed by atoms with van der Waals surface area (Å²) < 4.78 is 5.31. The van der Waals surface area contributed by atoms with E-state index >= 15 is 0 Å². The maximum absolute atomic E-state index is 11.8. The van der Waals surface area contributed by atoms with Crippen molar-refractivity contribution >= 4 is 46.5 Å². The zero-order chi connectivity index (χ0) is 18.4. The zero-order valence-electron chi connectivity index (χ0n) is 13.5. The van der Waals surface area contributed by atoms with E-state index in [0.29, 0.717) is 28.5 Å². The highest BCUT2D eigenvalue weighted by molar-refractivity contribution is 7.80. The van der Waals surface area contributed by atoms with E-state index in [9.17, 15) is 9.59 Å². The molecule has 6 nitrogen and oxygen atoms in total. The topological polar surface area (TPSA) is 91.6 Å². The van der Waals surface area contributed by atoms with Crippen LogP contribution in [0.15, 0.2) is 34.7 Å². The van der Waals surface area contributed by atoms with Gasteiger partial charge in [0.25, 0.3) is 0 Å². The number of hydrogen-bond acceptors (Lipinski definition) is 4. The molecule has 0 bridgehead atoms. The van der Waals surface area contributed by atoms with Crippen LogP contribution in [0.2, 0.25) is 5.02 Å². The number of aromatic carboxylic acids is 1. The molecular formula is C17H17ClN2O4S. The standard InChI is InChI=1S/C17H17ClN2O4S/c1-2-3-4-15(21)20-17(25)19-12-9-10(18)5-6-11(12)13-7-8-14(24-13)16(22)23/h5-9H,2-4H2,1H3,(H,22,23)(H2,19,20,21,25). The van der Waals surface area contributed by atoms with Crippen molar-refractivity contribution < 1.29 is 19.1 Å². The highest BCUT2D eigenvalue weighted by Gasteiger charge is 2.15. The maximum atomic E-state index is 11.8. The lowest BCUT2D eigenvalue weighted by Crippen LogP contribution is -2.34. The van der Waals surface area contributed by atoms with Crippen LogP contribution in [-0.4, -0.2) is 22.1 Å². The quantitative estimate of drug-likeness (QED) is 0.647. The lowest BCUT2D eigenvalue weighted by Gasteiger charge is -2.13. The molecule has 2 aromatic rings. The van der Waals surface area contributed by atoms with Gasteiger partial charge in [0, 0.05) is 17.0 Å². The van der Waals surface area contributed by atoms with Crippen molar-refractivity contribution in [1.29, 1.82) is 0 Å². The minimum atomic E-state index is -1.16. The first kappa shape index (κ1) is 19.0. The van der Waals surface area contributed by atoms with Crippen LogP contribution in [0.3, 0.4) is 0 Å². The minimum absolute atomic E-state index is 0.134. The van der Waals surface area contributed by atoms with Crippen molar-refractivity contribution in [2.24, 2.45) is 0 Å². The predicted octanol–water partition coefficient (Wildman–Crippen LogP) is 4.30. The van der Waals surface area contributed by atoms with Crippen LogP contribution in [0.25, 0.3) is 11.3 Å². The molecule has 1 amide bonds. The van der Waals surface area contributed by atoms with Gasteiger partial charge in [0.1, 0.15) is 5.76 Å². The van der Waals surface area contributed by atoms with E-state index < -0.39 is 5.97 Å². The first-order valence-electron chi connectivity index (χ1n) is 7.64. The largest absolute Gasteiger partial charge is 0.475 e. The molecule has 1 heterocycles. The molecule has 0 unspecified atom stereocenters. The molecule has 132 valence electrons. The molecule has 25 heavy (non-hydrogen) atoms. The predicted molar refractivity (Wildman–Crippen MR) is 100 cm³/mol.